The second kappa shape index (κ2) is 14.1. The zero-order chi connectivity index (χ0) is 28.5. The first-order chi connectivity index (χ1) is 19.3. The molecule has 7 nitrogen and oxygen atoms in total. The van der Waals surface area contributed by atoms with Crippen molar-refractivity contribution < 1.29 is 14.7 Å². The van der Waals surface area contributed by atoms with Crippen molar-refractivity contribution in [3.8, 4) is 0 Å². The third-order valence-electron chi connectivity index (χ3n) is 7.25. The molecule has 0 bridgehead atoms. The monoisotopic (exact) mass is 558 g/mol. The van der Waals surface area contributed by atoms with E-state index in [1.165, 1.54) is 5.56 Å². The predicted molar refractivity (Wildman–Crippen MR) is 166 cm³/mol. The molecule has 1 aliphatic heterocycles. The number of rotatable bonds is 10. The summed E-state index contributed by atoms with van der Waals surface area (Å²) in [5.41, 5.74) is 9.14. The highest BCUT2D eigenvalue weighted by atomic mass is 32.2. The summed E-state index contributed by atoms with van der Waals surface area (Å²) in [7, 11) is 0. The van der Waals surface area contributed by atoms with Crippen molar-refractivity contribution in [2.75, 3.05) is 35.7 Å². The van der Waals surface area contributed by atoms with Crippen LogP contribution in [0.2, 0.25) is 0 Å². The number of carbonyl (C=O) groups excluding carboxylic acids is 2. The van der Waals surface area contributed by atoms with Crippen molar-refractivity contribution in [1.29, 1.82) is 0 Å². The van der Waals surface area contributed by atoms with E-state index in [9.17, 15) is 9.59 Å². The molecule has 40 heavy (non-hydrogen) atoms. The number of nitrogens with one attached hydrogen (secondary N) is 2. The average Bonchev–Trinajstić information content (AvgIpc) is 2.96. The molecule has 0 aromatic heterocycles. The summed E-state index contributed by atoms with van der Waals surface area (Å²) in [6.07, 6.45) is 3.83. The minimum absolute atomic E-state index is 0.122. The Morgan fingerprint density at radius 2 is 1.82 bits per heavy atom. The van der Waals surface area contributed by atoms with E-state index < -0.39 is 5.91 Å². The topological polar surface area (TPSA) is 94.0 Å². The molecule has 2 amide bonds. The fourth-order valence-corrected chi connectivity index (χ4v) is 5.30. The number of benzene rings is 3. The van der Waals surface area contributed by atoms with E-state index in [1.54, 1.807) is 30.1 Å². The Morgan fingerprint density at radius 3 is 2.58 bits per heavy atom. The number of anilines is 2. The van der Waals surface area contributed by atoms with Gasteiger partial charge in [-0.1, -0.05) is 37.3 Å². The van der Waals surface area contributed by atoms with Crippen molar-refractivity contribution in [2.24, 2.45) is 11.0 Å². The van der Waals surface area contributed by atoms with Gasteiger partial charge in [0.15, 0.2) is 0 Å². The van der Waals surface area contributed by atoms with Crippen LogP contribution in [0.1, 0.15) is 62.7 Å². The molecule has 210 valence electrons. The van der Waals surface area contributed by atoms with Crippen LogP contribution in [0.4, 0.5) is 11.4 Å². The van der Waals surface area contributed by atoms with E-state index in [1.807, 2.05) is 55.5 Å². The first kappa shape index (κ1) is 29.4. The number of nitrogens with zero attached hydrogens (tertiary/aromatic N) is 2. The third kappa shape index (κ3) is 7.96. The van der Waals surface area contributed by atoms with Gasteiger partial charge in [-0.05, 0) is 85.2 Å². The molecule has 0 saturated carbocycles. The van der Waals surface area contributed by atoms with Crippen LogP contribution in [0.5, 0.6) is 0 Å². The lowest BCUT2D eigenvalue weighted by Gasteiger charge is -2.32. The minimum atomic E-state index is -0.392. The molecule has 0 unspecified atom stereocenters. The quantitative estimate of drug-likeness (QED) is 0.167. The van der Waals surface area contributed by atoms with Crippen LogP contribution >= 0.6 is 11.8 Å². The van der Waals surface area contributed by atoms with Crippen molar-refractivity contribution >= 4 is 41.2 Å². The van der Waals surface area contributed by atoms with Crippen LogP contribution in [0.3, 0.4) is 0 Å². The number of aliphatic hydroxyl groups excluding tert-OH is 1. The van der Waals surface area contributed by atoms with E-state index in [-0.39, 0.29) is 12.5 Å². The maximum Gasteiger partial charge on any atom is 0.273 e. The summed E-state index contributed by atoms with van der Waals surface area (Å²) >= 11 is 1.61. The van der Waals surface area contributed by atoms with Gasteiger partial charge in [0.1, 0.15) is 0 Å². The van der Waals surface area contributed by atoms with E-state index in [4.69, 9.17) is 5.11 Å². The first-order valence-electron chi connectivity index (χ1n) is 13.7. The SMILES string of the molecule is Cc1ccc(C=NNC(=O)c2cc(N3CCC(C)CC3)ccc2NC(=O)c2cccc(CSCCO)c2)cc1C. The highest BCUT2D eigenvalue weighted by Gasteiger charge is 2.20. The molecule has 0 aliphatic carbocycles. The summed E-state index contributed by atoms with van der Waals surface area (Å²) in [4.78, 5) is 28.9. The van der Waals surface area contributed by atoms with Crippen molar-refractivity contribution in [1.82, 2.24) is 5.43 Å². The average molecular weight is 559 g/mol. The molecule has 4 rings (SSSR count). The Hall–Kier alpha value is -3.62. The van der Waals surface area contributed by atoms with Crippen molar-refractivity contribution in [3.63, 3.8) is 0 Å². The number of piperidine rings is 1. The second-order valence-electron chi connectivity index (χ2n) is 10.4. The zero-order valence-corrected chi connectivity index (χ0v) is 24.3. The van der Waals surface area contributed by atoms with Gasteiger partial charge in [-0.3, -0.25) is 9.59 Å². The smallest absolute Gasteiger partial charge is 0.273 e. The largest absolute Gasteiger partial charge is 0.396 e. The van der Waals surface area contributed by atoms with Gasteiger partial charge in [0.2, 0.25) is 0 Å². The van der Waals surface area contributed by atoms with E-state index in [2.05, 4.69) is 34.6 Å². The Balaban J connectivity index is 1.55. The number of thioether (sulfide) groups is 1. The molecule has 0 atom stereocenters. The van der Waals surface area contributed by atoms with Crippen LogP contribution in [-0.4, -0.2) is 48.6 Å². The van der Waals surface area contributed by atoms with Gasteiger partial charge in [-0.2, -0.15) is 16.9 Å². The maximum atomic E-state index is 13.4. The predicted octanol–water partition coefficient (Wildman–Crippen LogP) is 5.78. The lowest BCUT2D eigenvalue weighted by Crippen LogP contribution is -2.33. The van der Waals surface area contributed by atoms with E-state index in [0.717, 1.165) is 48.3 Å². The number of hydrogen-bond donors (Lipinski definition) is 3. The third-order valence-corrected chi connectivity index (χ3v) is 8.26. The Labute approximate surface area is 241 Å². The molecule has 1 heterocycles. The first-order valence-corrected chi connectivity index (χ1v) is 14.9. The summed E-state index contributed by atoms with van der Waals surface area (Å²) in [6, 6.07) is 19.0. The number of carbonyl (C=O) groups is 2. The Kier molecular flexibility index (Phi) is 10.4. The van der Waals surface area contributed by atoms with Crippen LogP contribution in [0.15, 0.2) is 65.8 Å². The molecule has 1 fully saturated rings. The van der Waals surface area contributed by atoms with Crippen LogP contribution in [-0.2, 0) is 5.75 Å². The highest BCUT2D eigenvalue weighted by Crippen LogP contribution is 2.28. The van der Waals surface area contributed by atoms with Gasteiger partial charge in [-0.25, -0.2) is 5.43 Å². The summed E-state index contributed by atoms with van der Waals surface area (Å²) < 4.78 is 0. The summed E-state index contributed by atoms with van der Waals surface area (Å²) in [5.74, 6) is 1.35. The fourth-order valence-electron chi connectivity index (χ4n) is 4.61. The Bertz CT molecular complexity index is 1370. The molecule has 3 N–H and O–H groups in total. The second-order valence-corrected chi connectivity index (χ2v) is 11.5. The normalized spacial score (nSPS) is 13.9. The van der Waals surface area contributed by atoms with E-state index in [0.29, 0.717) is 34.2 Å². The van der Waals surface area contributed by atoms with E-state index >= 15 is 0 Å². The Morgan fingerprint density at radius 1 is 1.02 bits per heavy atom. The number of hydrogen-bond acceptors (Lipinski definition) is 6. The molecule has 0 spiro atoms. The van der Waals surface area contributed by atoms with Crippen LogP contribution < -0.4 is 15.6 Å². The van der Waals surface area contributed by atoms with Gasteiger partial charge in [0, 0.05) is 35.8 Å². The van der Waals surface area contributed by atoms with Gasteiger partial charge >= 0.3 is 0 Å². The molecular formula is C32H38N4O3S. The zero-order valence-electron chi connectivity index (χ0n) is 23.4. The van der Waals surface area contributed by atoms with Crippen molar-refractivity contribution in [3.05, 3.63) is 94.0 Å². The van der Waals surface area contributed by atoms with Gasteiger partial charge in [0.05, 0.1) is 24.1 Å². The highest BCUT2D eigenvalue weighted by molar-refractivity contribution is 7.98. The van der Waals surface area contributed by atoms with Crippen LogP contribution in [0.25, 0.3) is 0 Å². The summed E-state index contributed by atoms with van der Waals surface area (Å²) in [5, 5.41) is 16.2. The lowest BCUT2D eigenvalue weighted by molar-refractivity contribution is 0.0956. The van der Waals surface area contributed by atoms with Crippen molar-refractivity contribution in [2.45, 2.75) is 39.4 Å². The minimum Gasteiger partial charge on any atom is -0.396 e. The molecule has 1 saturated heterocycles. The van der Waals surface area contributed by atoms with Crippen LogP contribution in [0, 0.1) is 19.8 Å². The molecule has 1 aliphatic rings. The molecular weight excluding hydrogens is 520 g/mol. The lowest BCUT2D eigenvalue weighted by atomic mass is 9.98. The molecule has 3 aromatic carbocycles. The fraction of sp³-hybridized carbons (Fsp3) is 0.344. The number of hydrazone groups is 1. The van der Waals surface area contributed by atoms with Gasteiger partial charge in [-0.15, -0.1) is 0 Å². The molecule has 3 aromatic rings. The number of aryl methyl sites for hydroxylation is 2. The molecule has 0 radical (unpaired) electrons. The van der Waals surface area contributed by atoms with Gasteiger partial charge < -0.3 is 15.3 Å². The molecule has 8 heteroatoms. The standard InChI is InChI=1S/C32H38N4O3S/c1-22-11-13-36(14-12-22)28-9-10-30(34-31(38)27-6-4-5-26(18-27)21-40-16-15-37)29(19-28)32(39)35-33-20-25-8-7-23(2)24(3)17-25/h4-10,17-20,22,37H,11-16,21H2,1-3H3,(H,34,38)(H,35,39). The van der Waals surface area contributed by atoms with Gasteiger partial charge in [0.25, 0.3) is 11.8 Å². The summed E-state index contributed by atoms with van der Waals surface area (Å²) in [6.45, 7) is 8.34. The number of amides is 2. The number of aliphatic hydroxyl groups is 1. The maximum absolute atomic E-state index is 13.4.